The first kappa shape index (κ1) is 11.7. The van der Waals surface area contributed by atoms with Crippen LogP contribution in [0.3, 0.4) is 0 Å². The molecular weight excluding hydrogens is 292 g/mol. The van der Waals surface area contributed by atoms with E-state index in [2.05, 4.69) is 20.3 Å². The van der Waals surface area contributed by atoms with Crippen LogP contribution >= 0.6 is 22.7 Å². The highest BCUT2D eigenvalue weighted by Gasteiger charge is 2.17. The van der Waals surface area contributed by atoms with Crippen LogP contribution in [0.15, 0.2) is 17.9 Å². The monoisotopic (exact) mass is 302 g/mol. The summed E-state index contributed by atoms with van der Waals surface area (Å²) in [4.78, 5) is 18.9. The van der Waals surface area contributed by atoms with Crippen LogP contribution in [0.5, 0.6) is 0 Å². The van der Waals surface area contributed by atoms with Gasteiger partial charge in [-0.25, -0.2) is 19.9 Å². The molecule has 0 aliphatic carbocycles. The molecule has 100 valence electrons. The minimum Gasteiger partial charge on any atom is -0.371 e. The van der Waals surface area contributed by atoms with Gasteiger partial charge < -0.3 is 9.88 Å². The number of thiazole rings is 2. The summed E-state index contributed by atoms with van der Waals surface area (Å²) in [6.45, 7) is 0. The Morgan fingerprint density at radius 3 is 2.80 bits per heavy atom. The molecular formula is C12H10N6S2. The third-order valence-electron chi connectivity index (χ3n) is 3.06. The van der Waals surface area contributed by atoms with Gasteiger partial charge in [0.25, 0.3) is 0 Å². The van der Waals surface area contributed by atoms with Crippen LogP contribution in [0.2, 0.25) is 0 Å². The van der Waals surface area contributed by atoms with Gasteiger partial charge in [0.1, 0.15) is 21.4 Å². The molecule has 1 N–H and O–H groups in total. The van der Waals surface area contributed by atoms with E-state index in [0.717, 1.165) is 37.2 Å². The van der Waals surface area contributed by atoms with Crippen molar-refractivity contribution >= 4 is 49.9 Å². The van der Waals surface area contributed by atoms with Crippen LogP contribution < -0.4 is 5.32 Å². The van der Waals surface area contributed by atoms with Gasteiger partial charge in [-0.2, -0.15) is 0 Å². The summed E-state index contributed by atoms with van der Waals surface area (Å²) in [6, 6.07) is 0. The number of hydrogen-bond donors (Lipinski definition) is 1. The molecule has 4 heterocycles. The van der Waals surface area contributed by atoms with E-state index in [0.29, 0.717) is 0 Å². The van der Waals surface area contributed by atoms with Gasteiger partial charge >= 0.3 is 0 Å². The molecule has 0 unspecified atom stereocenters. The van der Waals surface area contributed by atoms with E-state index >= 15 is 0 Å². The number of imidazole rings is 1. The van der Waals surface area contributed by atoms with E-state index in [1.54, 1.807) is 35.2 Å². The third kappa shape index (κ3) is 1.55. The predicted molar refractivity (Wildman–Crippen MR) is 82.3 cm³/mol. The molecule has 0 fully saturated rings. The topological polar surface area (TPSA) is 68.5 Å². The molecule has 4 aromatic heterocycles. The minimum absolute atomic E-state index is 0.780. The second-order valence-corrected chi connectivity index (χ2v) is 6.15. The standard InChI is InChI=1S/C12H10N6S2/c1-13-9-6-8(18(2)5-15-6)7-10(17-9)20-12(16-7)11-14-3-4-19-11/h3-5H,1-2H3,(H,13,17). The van der Waals surface area contributed by atoms with Gasteiger partial charge in [0.05, 0.1) is 6.33 Å². The lowest BCUT2D eigenvalue weighted by Crippen LogP contribution is -1.95. The van der Waals surface area contributed by atoms with Gasteiger partial charge in [-0.1, -0.05) is 11.3 Å². The quantitative estimate of drug-likeness (QED) is 0.616. The van der Waals surface area contributed by atoms with Crippen molar-refractivity contribution in [1.29, 1.82) is 0 Å². The number of anilines is 1. The highest BCUT2D eigenvalue weighted by atomic mass is 32.1. The SMILES string of the molecule is CNc1nc2sc(-c3nccs3)nc2c2c1ncn2C. The molecule has 0 radical (unpaired) electrons. The van der Waals surface area contributed by atoms with Crippen molar-refractivity contribution in [1.82, 2.24) is 24.5 Å². The lowest BCUT2D eigenvalue weighted by atomic mass is 10.3. The Hall–Kier alpha value is -2.06. The Kier molecular flexibility index (Phi) is 2.48. The summed E-state index contributed by atoms with van der Waals surface area (Å²) in [6.07, 6.45) is 3.58. The fourth-order valence-electron chi connectivity index (χ4n) is 2.17. The van der Waals surface area contributed by atoms with Crippen molar-refractivity contribution in [3.8, 4) is 10.0 Å². The molecule has 4 aromatic rings. The molecule has 0 aromatic carbocycles. The Labute approximate surface area is 122 Å². The van der Waals surface area contributed by atoms with Gasteiger partial charge in [0.15, 0.2) is 15.8 Å². The maximum atomic E-state index is 4.71. The first-order valence-electron chi connectivity index (χ1n) is 5.97. The van der Waals surface area contributed by atoms with Gasteiger partial charge in [-0.3, -0.25) is 0 Å². The number of fused-ring (bicyclic) bond motifs is 3. The maximum Gasteiger partial charge on any atom is 0.155 e. The van der Waals surface area contributed by atoms with Gasteiger partial charge in [-0.15, -0.1) is 11.3 Å². The van der Waals surface area contributed by atoms with Crippen molar-refractivity contribution < 1.29 is 0 Å². The second-order valence-electron chi connectivity index (χ2n) is 4.27. The molecule has 0 spiro atoms. The number of pyridine rings is 1. The first-order chi connectivity index (χ1) is 9.78. The summed E-state index contributed by atoms with van der Waals surface area (Å²) in [5.41, 5.74) is 2.73. The molecule has 8 heteroatoms. The van der Waals surface area contributed by atoms with E-state index in [4.69, 9.17) is 4.98 Å². The molecule has 0 bridgehead atoms. The van der Waals surface area contributed by atoms with Gasteiger partial charge in [0, 0.05) is 25.7 Å². The Balaban J connectivity index is 2.11. The molecule has 20 heavy (non-hydrogen) atoms. The van der Waals surface area contributed by atoms with Crippen LogP contribution in [-0.2, 0) is 7.05 Å². The normalized spacial score (nSPS) is 11.5. The van der Waals surface area contributed by atoms with Crippen molar-refractivity contribution in [2.45, 2.75) is 0 Å². The molecule has 0 saturated heterocycles. The van der Waals surface area contributed by atoms with Crippen molar-refractivity contribution in [3.63, 3.8) is 0 Å². The fraction of sp³-hybridized carbons (Fsp3) is 0.167. The highest BCUT2D eigenvalue weighted by molar-refractivity contribution is 7.24. The predicted octanol–water partition coefficient (Wildman–Crippen LogP) is 2.74. The van der Waals surface area contributed by atoms with E-state index in [9.17, 15) is 0 Å². The van der Waals surface area contributed by atoms with E-state index in [1.807, 2.05) is 24.0 Å². The van der Waals surface area contributed by atoms with Gasteiger partial charge in [0.2, 0.25) is 0 Å². The number of aromatic nitrogens is 5. The molecule has 0 aliphatic rings. The Morgan fingerprint density at radius 1 is 1.15 bits per heavy atom. The maximum absolute atomic E-state index is 4.71. The average Bonchev–Trinajstić information content (AvgIpc) is 3.15. The summed E-state index contributed by atoms with van der Waals surface area (Å²) < 4.78 is 1.98. The van der Waals surface area contributed by atoms with Crippen LogP contribution in [0, 0.1) is 0 Å². The van der Waals surface area contributed by atoms with E-state index < -0.39 is 0 Å². The highest BCUT2D eigenvalue weighted by Crippen LogP contribution is 2.35. The first-order valence-corrected chi connectivity index (χ1v) is 7.66. The second kappa shape index (κ2) is 4.22. The number of nitrogens with zero attached hydrogens (tertiary/aromatic N) is 5. The molecule has 0 saturated carbocycles. The van der Waals surface area contributed by atoms with Crippen LogP contribution in [0.4, 0.5) is 5.82 Å². The minimum atomic E-state index is 0.780. The molecule has 0 aliphatic heterocycles. The van der Waals surface area contributed by atoms with Crippen LogP contribution in [0.25, 0.3) is 31.4 Å². The van der Waals surface area contributed by atoms with Crippen LogP contribution in [0.1, 0.15) is 0 Å². The number of nitrogens with one attached hydrogen (secondary N) is 1. The summed E-state index contributed by atoms with van der Waals surface area (Å²) in [7, 11) is 3.82. The number of rotatable bonds is 2. The smallest absolute Gasteiger partial charge is 0.155 e. The largest absolute Gasteiger partial charge is 0.371 e. The summed E-state index contributed by atoms with van der Waals surface area (Å²) in [5.74, 6) is 0.780. The van der Waals surface area contributed by atoms with Crippen molar-refractivity contribution in [2.24, 2.45) is 7.05 Å². The zero-order chi connectivity index (χ0) is 13.7. The van der Waals surface area contributed by atoms with Crippen LogP contribution in [-0.4, -0.2) is 31.6 Å². The Morgan fingerprint density at radius 2 is 2.05 bits per heavy atom. The molecule has 0 atom stereocenters. The van der Waals surface area contributed by atoms with E-state index in [1.165, 1.54) is 0 Å². The third-order valence-corrected chi connectivity index (χ3v) is 4.93. The van der Waals surface area contributed by atoms with Crippen molar-refractivity contribution in [2.75, 3.05) is 12.4 Å². The average molecular weight is 302 g/mol. The van der Waals surface area contributed by atoms with Gasteiger partial charge in [-0.05, 0) is 0 Å². The molecule has 0 amide bonds. The van der Waals surface area contributed by atoms with Crippen molar-refractivity contribution in [3.05, 3.63) is 17.9 Å². The molecule has 4 rings (SSSR count). The fourth-order valence-corrected chi connectivity index (χ4v) is 3.80. The lowest BCUT2D eigenvalue weighted by molar-refractivity contribution is 0.949. The summed E-state index contributed by atoms with van der Waals surface area (Å²) >= 11 is 3.14. The number of aryl methyl sites for hydroxylation is 1. The number of hydrogen-bond acceptors (Lipinski definition) is 7. The zero-order valence-electron chi connectivity index (χ0n) is 10.8. The van der Waals surface area contributed by atoms with E-state index in [-0.39, 0.29) is 0 Å². The lowest BCUT2D eigenvalue weighted by Gasteiger charge is -2.01. The zero-order valence-corrected chi connectivity index (χ0v) is 12.4. The Bertz CT molecular complexity index is 905. The molecule has 6 nitrogen and oxygen atoms in total. The summed E-state index contributed by atoms with van der Waals surface area (Å²) in [5, 5.41) is 6.88.